The molecule has 0 spiro atoms. The molecule has 2 aromatic heterocycles. The Kier molecular flexibility index (Phi) is 5.81. The Morgan fingerprint density at radius 3 is 2.47 bits per heavy atom. The summed E-state index contributed by atoms with van der Waals surface area (Å²) < 4.78 is 0.796. The number of hydrogen-bond donors (Lipinski definition) is 1. The van der Waals surface area contributed by atoms with Crippen LogP contribution in [-0.2, 0) is 16.1 Å². The van der Waals surface area contributed by atoms with E-state index >= 15 is 0 Å². The third-order valence-corrected chi connectivity index (χ3v) is 9.11. The van der Waals surface area contributed by atoms with Crippen LogP contribution in [0.4, 0.5) is 0 Å². The summed E-state index contributed by atoms with van der Waals surface area (Å²) >= 11 is 12.2. The lowest BCUT2D eigenvalue weighted by Crippen LogP contribution is -2.49. The first-order valence-electron chi connectivity index (χ1n) is 12.7. The van der Waals surface area contributed by atoms with Crippen molar-refractivity contribution in [1.29, 1.82) is 0 Å². The van der Waals surface area contributed by atoms with Crippen LogP contribution in [0.25, 0.3) is 22.0 Å². The van der Waals surface area contributed by atoms with E-state index < -0.39 is 10.4 Å². The average molecular weight is 555 g/mol. The minimum atomic E-state index is -0.769. The monoisotopic (exact) mass is 554 g/mol. The number of nitrogens with one attached hydrogen (secondary N) is 1. The first kappa shape index (κ1) is 25.2. The number of aromatic nitrogens is 4. The standard InChI is InChI=1S/C27H28Cl2N6O3/c1-14(36)24-19-6-16(17-10-30-15(2)31-11-17)4-5-20(19)34(33-24)13-23(37)35-21(8-26(3)9-22(26)35)25(38)32-12-18-7-27(18,28)29/h4-6,10-11,18,21-22H,7-9,12-13H2,1-3H3,(H,32,38)/t18?,21-,22?,26-/m0/s1. The van der Waals surface area contributed by atoms with Gasteiger partial charge in [-0.15, -0.1) is 23.2 Å². The van der Waals surface area contributed by atoms with Crippen molar-refractivity contribution in [3.05, 3.63) is 42.1 Å². The molecule has 1 N–H and O–H groups in total. The van der Waals surface area contributed by atoms with Gasteiger partial charge in [0.05, 0.1) is 5.52 Å². The number of amides is 2. The number of nitrogens with zero attached hydrogens (tertiary/aromatic N) is 5. The highest BCUT2D eigenvalue weighted by Gasteiger charge is 2.64. The highest BCUT2D eigenvalue weighted by atomic mass is 35.5. The smallest absolute Gasteiger partial charge is 0.245 e. The lowest BCUT2D eigenvalue weighted by Gasteiger charge is -2.27. The molecule has 6 rings (SSSR count). The van der Waals surface area contributed by atoms with Gasteiger partial charge in [-0.25, -0.2) is 9.97 Å². The summed E-state index contributed by atoms with van der Waals surface area (Å²) in [6.07, 6.45) is 5.61. The maximum Gasteiger partial charge on any atom is 0.245 e. The second-order valence-electron chi connectivity index (χ2n) is 11.1. The fourth-order valence-corrected chi connectivity index (χ4v) is 6.21. The molecule has 3 heterocycles. The number of carbonyl (C=O) groups excluding carboxylic acids is 3. The molecule has 11 heteroatoms. The second kappa shape index (κ2) is 8.74. The molecule has 198 valence electrons. The Balaban J connectivity index is 1.25. The quantitative estimate of drug-likeness (QED) is 0.352. The van der Waals surface area contributed by atoms with Crippen molar-refractivity contribution in [3.63, 3.8) is 0 Å². The number of aryl methyl sites for hydroxylation is 1. The summed E-state index contributed by atoms with van der Waals surface area (Å²) in [5, 5.41) is 8.12. The van der Waals surface area contributed by atoms with Gasteiger partial charge >= 0.3 is 0 Å². The van der Waals surface area contributed by atoms with Crippen molar-refractivity contribution in [2.75, 3.05) is 6.54 Å². The number of likely N-dealkylation sites (tertiary alicyclic amines) is 1. The van der Waals surface area contributed by atoms with Gasteiger partial charge in [-0.1, -0.05) is 13.0 Å². The minimum absolute atomic E-state index is 0.0223. The van der Waals surface area contributed by atoms with Crippen molar-refractivity contribution in [2.45, 2.75) is 63.0 Å². The number of alkyl halides is 2. The predicted octanol–water partition coefficient (Wildman–Crippen LogP) is 3.69. The van der Waals surface area contributed by atoms with Crippen molar-refractivity contribution in [2.24, 2.45) is 11.3 Å². The summed E-state index contributed by atoms with van der Waals surface area (Å²) in [4.78, 5) is 49.4. The second-order valence-corrected chi connectivity index (χ2v) is 12.7. The van der Waals surface area contributed by atoms with Crippen LogP contribution < -0.4 is 5.32 Å². The van der Waals surface area contributed by atoms with Gasteiger partial charge in [0.1, 0.15) is 28.4 Å². The highest BCUT2D eigenvalue weighted by Crippen LogP contribution is 2.59. The Morgan fingerprint density at radius 2 is 1.82 bits per heavy atom. The van der Waals surface area contributed by atoms with Crippen LogP contribution in [0.5, 0.6) is 0 Å². The number of Topliss-reactive ketones (excluding diaryl/α,β-unsaturated/α-hetero) is 1. The van der Waals surface area contributed by atoms with E-state index in [0.717, 1.165) is 17.5 Å². The Bertz CT molecular complexity index is 1490. The van der Waals surface area contributed by atoms with Gasteiger partial charge in [-0.3, -0.25) is 19.1 Å². The zero-order valence-corrected chi connectivity index (χ0v) is 22.9. The van der Waals surface area contributed by atoms with E-state index in [0.29, 0.717) is 41.8 Å². The van der Waals surface area contributed by atoms with Gasteiger partial charge in [0.15, 0.2) is 5.78 Å². The van der Waals surface area contributed by atoms with Crippen LogP contribution in [0.1, 0.15) is 49.4 Å². The molecule has 2 unspecified atom stereocenters. The first-order chi connectivity index (χ1) is 18.0. The minimum Gasteiger partial charge on any atom is -0.354 e. The Labute approximate surface area is 229 Å². The number of carbonyl (C=O) groups is 3. The largest absolute Gasteiger partial charge is 0.354 e. The van der Waals surface area contributed by atoms with Gasteiger partial charge in [-0.2, -0.15) is 5.10 Å². The molecule has 3 fully saturated rings. The van der Waals surface area contributed by atoms with Crippen LogP contribution in [0.15, 0.2) is 30.6 Å². The molecule has 1 aliphatic heterocycles. The van der Waals surface area contributed by atoms with Crippen LogP contribution in [-0.4, -0.2) is 65.2 Å². The number of piperidine rings is 1. The van der Waals surface area contributed by atoms with Crippen LogP contribution in [0.3, 0.4) is 0 Å². The summed E-state index contributed by atoms with van der Waals surface area (Å²) in [5.41, 5.74) is 2.59. The van der Waals surface area contributed by atoms with Gasteiger partial charge in [-0.05, 0) is 49.3 Å². The van der Waals surface area contributed by atoms with Gasteiger partial charge in [0.2, 0.25) is 11.8 Å². The normalized spacial score (nSPS) is 26.8. The molecule has 1 saturated heterocycles. The van der Waals surface area contributed by atoms with Crippen molar-refractivity contribution >= 4 is 51.7 Å². The number of benzene rings is 1. The van der Waals surface area contributed by atoms with Crippen LogP contribution >= 0.6 is 23.2 Å². The fraction of sp³-hybridized carbons (Fsp3) is 0.481. The van der Waals surface area contributed by atoms with E-state index in [1.54, 1.807) is 22.0 Å². The van der Waals surface area contributed by atoms with Crippen molar-refractivity contribution in [3.8, 4) is 11.1 Å². The molecular formula is C27H28Cl2N6O3. The number of ketones is 1. The molecule has 1 aromatic carbocycles. The highest BCUT2D eigenvalue weighted by molar-refractivity contribution is 6.50. The van der Waals surface area contributed by atoms with Gasteiger partial charge in [0.25, 0.3) is 0 Å². The third kappa shape index (κ3) is 4.35. The topological polar surface area (TPSA) is 110 Å². The van der Waals surface area contributed by atoms with E-state index in [4.69, 9.17) is 23.2 Å². The van der Waals surface area contributed by atoms with E-state index in [2.05, 4.69) is 27.3 Å². The zero-order valence-electron chi connectivity index (χ0n) is 21.4. The number of halogens is 2. The van der Waals surface area contributed by atoms with Crippen LogP contribution in [0, 0.1) is 18.3 Å². The number of fused-ring (bicyclic) bond motifs is 2. The average Bonchev–Trinajstić information content (AvgIpc) is 3.60. The van der Waals surface area contributed by atoms with E-state index in [1.165, 1.54) is 6.92 Å². The molecular weight excluding hydrogens is 527 g/mol. The molecule has 3 aliphatic rings. The number of rotatable bonds is 7. The molecule has 3 aromatic rings. The van der Waals surface area contributed by atoms with Gasteiger partial charge < -0.3 is 10.2 Å². The van der Waals surface area contributed by atoms with Crippen molar-refractivity contribution < 1.29 is 14.4 Å². The van der Waals surface area contributed by atoms with E-state index in [9.17, 15) is 14.4 Å². The van der Waals surface area contributed by atoms with Crippen molar-refractivity contribution in [1.82, 2.24) is 30.0 Å². The summed E-state index contributed by atoms with van der Waals surface area (Å²) in [5.74, 6) is 0.138. The van der Waals surface area contributed by atoms with E-state index in [-0.39, 0.29) is 41.5 Å². The molecule has 38 heavy (non-hydrogen) atoms. The van der Waals surface area contributed by atoms with E-state index in [1.807, 2.05) is 25.1 Å². The van der Waals surface area contributed by atoms with Crippen LogP contribution in [0.2, 0.25) is 0 Å². The lowest BCUT2D eigenvalue weighted by atomic mass is 10.0. The molecule has 4 atom stereocenters. The zero-order chi connectivity index (χ0) is 27.0. The third-order valence-electron chi connectivity index (χ3n) is 8.19. The fourth-order valence-electron chi connectivity index (χ4n) is 5.68. The summed E-state index contributed by atoms with van der Waals surface area (Å²) in [7, 11) is 0. The molecule has 9 nitrogen and oxygen atoms in total. The maximum absolute atomic E-state index is 13.6. The Morgan fingerprint density at radius 1 is 1.11 bits per heavy atom. The molecule has 2 aliphatic carbocycles. The molecule has 2 amide bonds. The number of hydrogen-bond acceptors (Lipinski definition) is 6. The predicted molar refractivity (Wildman–Crippen MR) is 143 cm³/mol. The summed E-state index contributed by atoms with van der Waals surface area (Å²) in [6, 6.07) is 5.11. The molecule has 0 bridgehead atoms. The maximum atomic E-state index is 13.6. The first-order valence-corrected chi connectivity index (χ1v) is 13.5. The molecule has 2 saturated carbocycles. The molecule has 0 radical (unpaired) electrons. The SMILES string of the molecule is CC(=O)c1nn(CC(=O)N2C3C[C@]3(C)C[C@H]2C(=O)NCC2CC2(Cl)Cl)c2ccc(-c3cnc(C)nc3)cc12. The Hall–Kier alpha value is -3.04. The summed E-state index contributed by atoms with van der Waals surface area (Å²) in [6.45, 7) is 5.72. The van der Waals surface area contributed by atoms with Gasteiger partial charge in [0, 0.05) is 48.8 Å². The lowest BCUT2D eigenvalue weighted by molar-refractivity contribution is -0.140.